The lowest BCUT2D eigenvalue weighted by Gasteiger charge is -2.28. The largest absolute Gasteiger partial charge is 0.445 e. The zero-order valence-electron chi connectivity index (χ0n) is 28.0. The first-order chi connectivity index (χ1) is 24.5. The molecule has 0 aromatic heterocycles. The number of rotatable bonds is 18. The van der Waals surface area contributed by atoms with Crippen molar-refractivity contribution in [2.45, 2.75) is 63.6 Å². The van der Waals surface area contributed by atoms with E-state index in [2.05, 4.69) is 16.0 Å². The highest BCUT2D eigenvalue weighted by atomic mass is 16.6. The summed E-state index contributed by atoms with van der Waals surface area (Å²) in [6.45, 7) is 1.63. The number of unbranched alkanes of at least 4 members (excludes halogenated alkanes) is 1. The van der Waals surface area contributed by atoms with Crippen molar-refractivity contribution in [2.24, 2.45) is 0 Å². The third-order valence-electron chi connectivity index (χ3n) is 8.32. The van der Waals surface area contributed by atoms with Gasteiger partial charge in [0.2, 0.25) is 5.91 Å². The zero-order chi connectivity index (χ0) is 35.0. The molecule has 1 aliphatic heterocycles. The number of carbonyl (C=O) groups is 4. The number of nitrogens with zero attached hydrogens (tertiary/aromatic N) is 1. The van der Waals surface area contributed by atoms with Crippen molar-refractivity contribution < 1.29 is 28.7 Å². The maximum atomic E-state index is 14.2. The van der Waals surface area contributed by atoms with E-state index in [0.29, 0.717) is 51.9 Å². The summed E-state index contributed by atoms with van der Waals surface area (Å²) in [6.07, 6.45) is -0.321. The maximum absolute atomic E-state index is 14.2. The number of amides is 4. The van der Waals surface area contributed by atoms with Crippen molar-refractivity contribution in [3.8, 4) is 0 Å². The molecule has 10 heteroatoms. The van der Waals surface area contributed by atoms with Crippen LogP contribution in [0.15, 0.2) is 121 Å². The molecule has 3 atom stereocenters. The molecule has 3 N–H and O–H groups in total. The lowest BCUT2D eigenvalue weighted by molar-refractivity contribution is -0.138. The minimum atomic E-state index is -0.972. The smallest absolute Gasteiger partial charge is 0.407 e. The van der Waals surface area contributed by atoms with Crippen molar-refractivity contribution in [1.82, 2.24) is 20.9 Å². The fourth-order valence-corrected chi connectivity index (χ4v) is 5.58. The molecule has 1 heterocycles. The summed E-state index contributed by atoms with van der Waals surface area (Å²) in [7, 11) is 0. The zero-order valence-corrected chi connectivity index (χ0v) is 28.0. The van der Waals surface area contributed by atoms with E-state index in [9.17, 15) is 19.2 Å². The molecule has 0 aliphatic carbocycles. The van der Waals surface area contributed by atoms with Gasteiger partial charge in [-0.3, -0.25) is 14.4 Å². The molecule has 0 radical (unpaired) electrons. The fraction of sp³-hybridized carbons (Fsp3) is 0.300. The molecular formula is C40H44N4O6. The summed E-state index contributed by atoms with van der Waals surface area (Å²) < 4.78 is 10.8. The van der Waals surface area contributed by atoms with E-state index in [1.807, 2.05) is 121 Å². The van der Waals surface area contributed by atoms with Gasteiger partial charge in [-0.2, -0.15) is 0 Å². The predicted molar refractivity (Wildman–Crippen MR) is 189 cm³/mol. The molecule has 1 saturated heterocycles. The van der Waals surface area contributed by atoms with Gasteiger partial charge in [0.1, 0.15) is 12.6 Å². The molecule has 0 unspecified atom stereocenters. The molecule has 0 spiro atoms. The maximum Gasteiger partial charge on any atom is 0.407 e. The highest BCUT2D eigenvalue weighted by Crippen LogP contribution is 2.23. The first-order valence-electron chi connectivity index (χ1n) is 17.0. The summed E-state index contributed by atoms with van der Waals surface area (Å²) in [6, 6.07) is 37.7. The number of benzene rings is 4. The van der Waals surface area contributed by atoms with E-state index >= 15 is 0 Å². The molecule has 4 aromatic rings. The Kier molecular flexibility index (Phi) is 13.5. The molecule has 0 bridgehead atoms. The first kappa shape index (κ1) is 35.8. The van der Waals surface area contributed by atoms with Crippen molar-refractivity contribution >= 4 is 23.8 Å². The van der Waals surface area contributed by atoms with Crippen LogP contribution in [-0.2, 0) is 50.0 Å². The van der Waals surface area contributed by atoms with Crippen LogP contribution < -0.4 is 16.0 Å². The van der Waals surface area contributed by atoms with Gasteiger partial charge in [-0.1, -0.05) is 121 Å². The average molecular weight is 677 g/mol. The third-order valence-corrected chi connectivity index (χ3v) is 8.32. The summed E-state index contributed by atoms with van der Waals surface area (Å²) in [4.78, 5) is 54.3. The molecule has 1 fully saturated rings. The van der Waals surface area contributed by atoms with Crippen LogP contribution in [0.3, 0.4) is 0 Å². The van der Waals surface area contributed by atoms with Gasteiger partial charge in [0.25, 0.3) is 11.8 Å². The Balaban J connectivity index is 1.18. The molecule has 4 aromatic carbocycles. The van der Waals surface area contributed by atoms with Crippen LogP contribution in [0.2, 0.25) is 0 Å². The van der Waals surface area contributed by atoms with Crippen LogP contribution in [0.1, 0.15) is 41.5 Å². The highest BCUT2D eigenvalue weighted by molar-refractivity contribution is 5.97. The van der Waals surface area contributed by atoms with Gasteiger partial charge in [-0.15, -0.1) is 0 Å². The van der Waals surface area contributed by atoms with Crippen LogP contribution in [0, 0.1) is 0 Å². The van der Waals surface area contributed by atoms with E-state index in [0.717, 1.165) is 22.3 Å². The highest BCUT2D eigenvalue weighted by Gasteiger charge is 2.51. The Morgan fingerprint density at radius 3 is 1.72 bits per heavy atom. The molecule has 5 rings (SSSR count). The van der Waals surface area contributed by atoms with Gasteiger partial charge >= 0.3 is 6.09 Å². The Bertz CT molecular complexity index is 1620. The van der Waals surface area contributed by atoms with E-state index < -0.39 is 30.3 Å². The Labute approximate surface area is 293 Å². The SMILES string of the molecule is O=C(NCCCC[C@H](NC(=O)[C@H]1O[C@@H]1C(=O)NCCc1ccccc1)C(=O)N(Cc1ccccc1)Cc1ccccc1)OCc1ccccc1. The number of alkyl carbamates (subject to hydrolysis) is 1. The summed E-state index contributed by atoms with van der Waals surface area (Å²) in [5.74, 6) is -1.11. The second kappa shape index (κ2) is 18.9. The molecular weight excluding hydrogens is 632 g/mol. The first-order valence-corrected chi connectivity index (χ1v) is 17.0. The number of ether oxygens (including phenoxy) is 2. The second-order valence-electron chi connectivity index (χ2n) is 12.2. The topological polar surface area (TPSA) is 129 Å². The van der Waals surface area contributed by atoms with Crippen LogP contribution in [0.5, 0.6) is 0 Å². The van der Waals surface area contributed by atoms with Gasteiger partial charge in [-0.25, -0.2) is 4.79 Å². The predicted octanol–water partition coefficient (Wildman–Crippen LogP) is 4.92. The van der Waals surface area contributed by atoms with Gasteiger partial charge in [0.05, 0.1) is 0 Å². The van der Waals surface area contributed by atoms with E-state index in [1.54, 1.807) is 4.90 Å². The van der Waals surface area contributed by atoms with Gasteiger partial charge in [0, 0.05) is 26.2 Å². The van der Waals surface area contributed by atoms with Gasteiger partial charge < -0.3 is 30.3 Å². The standard InChI is InChI=1S/C40H44N4O6/c45-37(41-26-24-30-15-5-1-6-16-30)35-36(50-35)38(46)43-34(23-13-14-25-42-40(48)49-29-33-21-11-4-12-22-33)39(47)44(27-31-17-7-2-8-18-31)28-32-19-9-3-10-20-32/h1-12,15-22,34-36H,13-14,23-29H2,(H,41,45)(H,42,48)(H,43,46)/t34-,35-,36-/m0/s1. The Hall–Kier alpha value is -5.48. The van der Waals surface area contributed by atoms with Crippen LogP contribution in [0.4, 0.5) is 4.79 Å². The molecule has 10 nitrogen and oxygen atoms in total. The van der Waals surface area contributed by atoms with Crippen molar-refractivity contribution in [1.29, 1.82) is 0 Å². The molecule has 260 valence electrons. The van der Waals surface area contributed by atoms with E-state index in [-0.39, 0.29) is 18.4 Å². The Morgan fingerprint density at radius 1 is 0.620 bits per heavy atom. The van der Waals surface area contributed by atoms with Crippen LogP contribution in [-0.4, -0.2) is 60.1 Å². The normalized spacial score (nSPS) is 15.3. The monoisotopic (exact) mass is 676 g/mol. The summed E-state index contributed by atoms with van der Waals surface area (Å²) in [5, 5.41) is 8.48. The summed E-state index contributed by atoms with van der Waals surface area (Å²) in [5.41, 5.74) is 3.90. The quantitative estimate of drug-likeness (QED) is 0.101. The van der Waals surface area contributed by atoms with Crippen LogP contribution in [0.25, 0.3) is 0 Å². The Morgan fingerprint density at radius 2 is 1.14 bits per heavy atom. The lowest BCUT2D eigenvalue weighted by atomic mass is 10.1. The molecule has 0 saturated carbocycles. The molecule has 1 aliphatic rings. The summed E-state index contributed by atoms with van der Waals surface area (Å²) >= 11 is 0. The van der Waals surface area contributed by atoms with E-state index in [1.165, 1.54) is 0 Å². The lowest BCUT2D eigenvalue weighted by Crippen LogP contribution is -2.49. The third kappa shape index (κ3) is 11.6. The minimum Gasteiger partial charge on any atom is -0.445 e. The number of hydrogen-bond donors (Lipinski definition) is 3. The van der Waals surface area contributed by atoms with Crippen LogP contribution >= 0.6 is 0 Å². The minimum absolute atomic E-state index is 0.170. The van der Waals surface area contributed by atoms with E-state index in [4.69, 9.17) is 9.47 Å². The average Bonchev–Trinajstić information content (AvgIpc) is 3.96. The van der Waals surface area contributed by atoms with Crippen molar-refractivity contribution in [3.05, 3.63) is 144 Å². The molecule has 4 amide bonds. The van der Waals surface area contributed by atoms with Gasteiger partial charge in [0.15, 0.2) is 12.2 Å². The van der Waals surface area contributed by atoms with Crippen molar-refractivity contribution in [3.63, 3.8) is 0 Å². The number of carbonyl (C=O) groups excluding carboxylic acids is 4. The number of nitrogens with one attached hydrogen (secondary N) is 3. The number of epoxide rings is 1. The number of hydrogen-bond acceptors (Lipinski definition) is 6. The van der Waals surface area contributed by atoms with Crippen molar-refractivity contribution in [2.75, 3.05) is 13.1 Å². The second-order valence-corrected chi connectivity index (χ2v) is 12.2. The fourth-order valence-electron chi connectivity index (χ4n) is 5.58. The van der Waals surface area contributed by atoms with Gasteiger partial charge in [-0.05, 0) is 47.9 Å². The molecule has 50 heavy (non-hydrogen) atoms.